The molecule has 2 aromatic heterocycles. The van der Waals surface area contributed by atoms with Crippen molar-refractivity contribution in [1.82, 2.24) is 19.1 Å². The fourth-order valence-electron chi connectivity index (χ4n) is 3.71. The smallest absolute Gasteiger partial charge is 0.276 e. The van der Waals surface area contributed by atoms with Gasteiger partial charge in [-0.15, -0.1) is 0 Å². The lowest BCUT2D eigenvalue weighted by Crippen LogP contribution is -2.14. The molecule has 4 aromatic rings. The molecule has 0 radical (unpaired) electrons. The average molecular weight is 405 g/mol. The summed E-state index contributed by atoms with van der Waals surface area (Å²) in [5.41, 5.74) is 2.62. The Balaban J connectivity index is 1.53. The Kier molecular flexibility index (Phi) is 4.39. The summed E-state index contributed by atoms with van der Waals surface area (Å²) in [5.74, 6) is -1.67. The van der Waals surface area contributed by atoms with E-state index in [0.29, 0.717) is 12.4 Å². The molecule has 3 heterocycles. The maximum atomic E-state index is 13.9. The molecule has 0 saturated carbocycles. The molecule has 1 N–H and O–H groups in total. The van der Waals surface area contributed by atoms with Gasteiger partial charge < -0.3 is 14.5 Å². The monoisotopic (exact) mass is 405 g/mol. The summed E-state index contributed by atoms with van der Waals surface area (Å²) >= 11 is 0. The number of hydrogen-bond donors (Lipinski definition) is 1. The number of para-hydroxylation sites is 1. The van der Waals surface area contributed by atoms with Gasteiger partial charge in [-0.2, -0.15) is 0 Å². The number of aryl methyl sites for hydroxylation is 2. The van der Waals surface area contributed by atoms with Gasteiger partial charge in [0.15, 0.2) is 0 Å². The minimum atomic E-state index is -0.834. The summed E-state index contributed by atoms with van der Waals surface area (Å²) in [6, 6.07) is 9.52. The number of nitrogens with one attached hydrogen (secondary N) is 1. The molecule has 150 valence electrons. The molecule has 0 spiro atoms. The van der Waals surface area contributed by atoms with Crippen LogP contribution in [-0.2, 0) is 13.0 Å². The van der Waals surface area contributed by atoms with E-state index in [1.54, 1.807) is 18.7 Å². The van der Waals surface area contributed by atoms with E-state index in [1.165, 1.54) is 6.07 Å². The van der Waals surface area contributed by atoms with Crippen LogP contribution in [0.4, 0.5) is 14.5 Å². The van der Waals surface area contributed by atoms with Crippen molar-refractivity contribution in [3.63, 3.8) is 0 Å². The summed E-state index contributed by atoms with van der Waals surface area (Å²) in [5, 5.41) is 2.30. The zero-order chi connectivity index (χ0) is 20.7. The molecule has 0 bridgehead atoms. The molecule has 0 saturated heterocycles. The second-order valence-corrected chi connectivity index (χ2v) is 7.11. The van der Waals surface area contributed by atoms with Crippen LogP contribution in [0.5, 0.6) is 0 Å². The van der Waals surface area contributed by atoms with Crippen molar-refractivity contribution in [3.8, 4) is 17.1 Å². The zero-order valence-electron chi connectivity index (χ0n) is 15.8. The number of carbonyl (C=O) groups excluding carboxylic acids is 1. The first-order chi connectivity index (χ1) is 14.6. The van der Waals surface area contributed by atoms with E-state index in [0.717, 1.165) is 41.8 Å². The lowest BCUT2D eigenvalue weighted by molar-refractivity contribution is 0.102. The van der Waals surface area contributed by atoms with Crippen LogP contribution in [-0.4, -0.2) is 25.0 Å². The topological polar surface area (TPSA) is 64.7 Å². The minimum absolute atomic E-state index is 0.105. The summed E-state index contributed by atoms with van der Waals surface area (Å²) < 4.78 is 31.6. The number of rotatable bonds is 3. The summed E-state index contributed by atoms with van der Waals surface area (Å²) in [4.78, 5) is 21.2. The van der Waals surface area contributed by atoms with Gasteiger partial charge in [0.25, 0.3) is 5.91 Å². The molecule has 0 atom stereocenters. The van der Waals surface area contributed by atoms with Crippen molar-refractivity contribution >= 4 is 11.6 Å². The van der Waals surface area contributed by atoms with Crippen LogP contribution < -0.4 is 5.32 Å². The van der Waals surface area contributed by atoms with E-state index in [9.17, 15) is 13.6 Å². The van der Waals surface area contributed by atoms with E-state index in [4.69, 9.17) is 0 Å². The molecular formula is C22H17F2N5O. The molecule has 2 aromatic carbocycles. The molecule has 0 aliphatic carbocycles. The highest BCUT2D eigenvalue weighted by molar-refractivity contribution is 6.03. The van der Waals surface area contributed by atoms with Crippen LogP contribution in [0.3, 0.4) is 0 Å². The maximum absolute atomic E-state index is 13.9. The summed E-state index contributed by atoms with van der Waals surface area (Å²) in [7, 11) is 0. The van der Waals surface area contributed by atoms with Gasteiger partial charge in [-0.25, -0.2) is 18.7 Å². The standard InChI is InChI=1S/C22H17F2N5O/c23-17-4-1-5-18(24)20(17)27-22(30)19-12-28-9-2-3-14-6-7-15(29-10-8-25-13-29)11-16(14)21(28)26-19/h1,4-8,10-13H,2-3,9H2,(H,27,30). The van der Waals surface area contributed by atoms with Crippen molar-refractivity contribution in [2.75, 3.05) is 5.32 Å². The Hall–Kier alpha value is -3.81. The van der Waals surface area contributed by atoms with Gasteiger partial charge in [-0.3, -0.25) is 4.79 Å². The molecule has 1 amide bonds. The Morgan fingerprint density at radius 1 is 1.13 bits per heavy atom. The van der Waals surface area contributed by atoms with Crippen LogP contribution in [0.15, 0.2) is 61.3 Å². The number of halogens is 2. The zero-order valence-corrected chi connectivity index (χ0v) is 15.8. The van der Waals surface area contributed by atoms with Crippen molar-refractivity contribution in [2.45, 2.75) is 19.4 Å². The average Bonchev–Trinajstić information content (AvgIpc) is 3.39. The third-order valence-corrected chi connectivity index (χ3v) is 5.19. The highest BCUT2D eigenvalue weighted by Gasteiger charge is 2.22. The van der Waals surface area contributed by atoms with Crippen molar-refractivity contribution < 1.29 is 13.6 Å². The molecule has 0 fully saturated rings. The van der Waals surface area contributed by atoms with Gasteiger partial charge >= 0.3 is 0 Å². The van der Waals surface area contributed by atoms with Crippen LogP contribution in [0.2, 0.25) is 0 Å². The number of anilines is 1. The maximum Gasteiger partial charge on any atom is 0.276 e. The first-order valence-corrected chi connectivity index (χ1v) is 9.54. The van der Waals surface area contributed by atoms with E-state index in [1.807, 2.05) is 27.5 Å². The van der Waals surface area contributed by atoms with Crippen LogP contribution in [0.1, 0.15) is 22.5 Å². The first kappa shape index (κ1) is 18.2. The predicted molar refractivity (Wildman–Crippen MR) is 107 cm³/mol. The number of fused-ring (bicyclic) bond motifs is 3. The Morgan fingerprint density at radius 3 is 2.73 bits per heavy atom. The van der Waals surface area contributed by atoms with Crippen LogP contribution >= 0.6 is 0 Å². The molecular weight excluding hydrogens is 388 g/mol. The van der Waals surface area contributed by atoms with Crippen molar-refractivity contribution in [3.05, 3.63) is 84.2 Å². The van der Waals surface area contributed by atoms with Crippen LogP contribution in [0.25, 0.3) is 17.1 Å². The quantitative estimate of drug-likeness (QED) is 0.555. The highest BCUT2D eigenvalue weighted by Crippen LogP contribution is 2.30. The predicted octanol–water partition coefficient (Wildman–Crippen LogP) is 4.21. The second kappa shape index (κ2) is 7.22. The number of nitrogens with zero attached hydrogens (tertiary/aromatic N) is 4. The van der Waals surface area contributed by atoms with Gasteiger partial charge in [0, 0.05) is 36.4 Å². The largest absolute Gasteiger partial charge is 0.330 e. The lowest BCUT2D eigenvalue weighted by atomic mass is 10.0. The summed E-state index contributed by atoms with van der Waals surface area (Å²) in [6.45, 7) is 0.693. The number of carbonyl (C=O) groups is 1. The van der Waals surface area contributed by atoms with Crippen molar-refractivity contribution in [2.24, 2.45) is 0 Å². The summed E-state index contributed by atoms with van der Waals surface area (Å²) in [6.07, 6.45) is 8.69. The van der Waals surface area contributed by atoms with E-state index in [-0.39, 0.29) is 5.69 Å². The van der Waals surface area contributed by atoms with Gasteiger partial charge in [0.2, 0.25) is 0 Å². The highest BCUT2D eigenvalue weighted by atomic mass is 19.1. The first-order valence-electron chi connectivity index (χ1n) is 9.54. The lowest BCUT2D eigenvalue weighted by Gasteiger charge is -2.09. The van der Waals surface area contributed by atoms with Crippen LogP contribution in [0, 0.1) is 11.6 Å². The number of benzene rings is 2. The molecule has 1 aliphatic rings. The van der Waals surface area contributed by atoms with E-state index < -0.39 is 23.2 Å². The minimum Gasteiger partial charge on any atom is -0.330 e. The third-order valence-electron chi connectivity index (χ3n) is 5.19. The third kappa shape index (κ3) is 3.16. The Bertz CT molecular complexity index is 1230. The van der Waals surface area contributed by atoms with Crippen molar-refractivity contribution in [1.29, 1.82) is 0 Å². The SMILES string of the molecule is O=C(Nc1c(F)cccc1F)c1cn2c(n1)-c1cc(-n3ccnc3)ccc1CCC2. The molecule has 1 aliphatic heterocycles. The van der Waals surface area contributed by atoms with Gasteiger partial charge in [0.05, 0.1) is 6.33 Å². The number of amides is 1. The number of imidazole rings is 2. The molecule has 30 heavy (non-hydrogen) atoms. The molecule has 6 nitrogen and oxygen atoms in total. The molecule has 5 rings (SSSR count). The number of aromatic nitrogens is 4. The number of hydrogen-bond acceptors (Lipinski definition) is 3. The Labute approximate surface area is 170 Å². The van der Waals surface area contributed by atoms with E-state index in [2.05, 4.69) is 21.4 Å². The Morgan fingerprint density at radius 2 is 1.97 bits per heavy atom. The van der Waals surface area contributed by atoms with E-state index >= 15 is 0 Å². The van der Waals surface area contributed by atoms with Gasteiger partial charge in [0.1, 0.15) is 28.8 Å². The normalized spacial score (nSPS) is 12.7. The fraction of sp³-hybridized carbons (Fsp3) is 0.136. The second-order valence-electron chi connectivity index (χ2n) is 7.11. The van der Waals surface area contributed by atoms with Gasteiger partial charge in [-0.05, 0) is 42.7 Å². The fourth-order valence-corrected chi connectivity index (χ4v) is 3.71. The molecule has 8 heteroatoms. The van der Waals surface area contributed by atoms with Gasteiger partial charge in [-0.1, -0.05) is 12.1 Å². The molecule has 0 unspecified atom stereocenters.